The molecule has 130 valence electrons. The molecule has 0 unspecified atom stereocenters. The van der Waals surface area contributed by atoms with Crippen LogP contribution in [0.15, 0.2) is 0 Å². The van der Waals surface area contributed by atoms with Crippen LogP contribution in [0.2, 0.25) is 0 Å². The van der Waals surface area contributed by atoms with Crippen LogP contribution < -0.4 is 10.6 Å². The lowest BCUT2D eigenvalue weighted by atomic mass is 9.86. The summed E-state index contributed by atoms with van der Waals surface area (Å²) in [6.07, 6.45) is 5.71. The van der Waals surface area contributed by atoms with Crippen molar-refractivity contribution in [3.05, 3.63) is 11.5 Å². The molecule has 1 saturated carbocycles. The quantitative estimate of drug-likeness (QED) is 0.712. The van der Waals surface area contributed by atoms with Crippen LogP contribution in [0, 0.1) is 0 Å². The molecule has 6 heteroatoms. The SMILES string of the molecule is CCOC(OCC)c1nc(NC)c(NC)c(C2CCCCC2)n1. The highest BCUT2D eigenvalue weighted by Gasteiger charge is 2.26. The van der Waals surface area contributed by atoms with Gasteiger partial charge in [0.15, 0.2) is 11.6 Å². The van der Waals surface area contributed by atoms with E-state index in [1.807, 2.05) is 27.9 Å². The third-order valence-electron chi connectivity index (χ3n) is 4.28. The Labute approximate surface area is 139 Å². The molecule has 0 atom stereocenters. The number of nitrogens with one attached hydrogen (secondary N) is 2. The minimum absolute atomic E-state index is 0.476. The van der Waals surface area contributed by atoms with Crippen molar-refractivity contribution in [2.45, 2.75) is 58.2 Å². The van der Waals surface area contributed by atoms with Crippen LogP contribution in [0.3, 0.4) is 0 Å². The fourth-order valence-corrected chi connectivity index (χ4v) is 3.20. The lowest BCUT2D eigenvalue weighted by Crippen LogP contribution is -2.18. The van der Waals surface area contributed by atoms with Crippen molar-refractivity contribution >= 4 is 11.5 Å². The van der Waals surface area contributed by atoms with Gasteiger partial charge in [-0.1, -0.05) is 19.3 Å². The van der Waals surface area contributed by atoms with Crippen LogP contribution in [0.5, 0.6) is 0 Å². The normalized spacial score (nSPS) is 15.9. The summed E-state index contributed by atoms with van der Waals surface area (Å²) in [7, 11) is 3.81. The van der Waals surface area contributed by atoms with Gasteiger partial charge < -0.3 is 20.1 Å². The average molecular weight is 322 g/mol. The largest absolute Gasteiger partial charge is 0.384 e. The molecular formula is C17H30N4O2. The lowest BCUT2D eigenvalue weighted by molar-refractivity contribution is -0.145. The molecule has 0 aromatic carbocycles. The molecule has 0 radical (unpaired) electrons. The van der Waals surface area contributed by atoms with E-state index in [2.05, 4.69) is 15.6 Å². The van der Waals surface area contributed by atoms with Crippen LogP contribution >= 0.6 is 0 Å². The van der Waals surface area contributed by atoms with E-state index in [9.17, 15) is 0 Å². The van der Waals surface area contributed by atoms with Crippen molar-refractivity contribution in [1.29, 1.82) is 0 Å². The third-order valence-corrected chi connectivity index (χ3v) is 4.28. The maximum Gasteiger partial charge on any atom is 0.219 e. The van der Waals surface area contributed by atoms with E-state index in [0.717, 1.165) is 17.2 Å². The molecule has 6 nitrogen and oxygen atoms in total. The van der Waals surface area contributed by atoms with E-state index >= 15 is 0 Å². The Kier molecular flexibility index (Phi) is 7.05. The fraction of sp³-hybridized carbons (Fsp3) is 0.765. The summed E-state index contributed by atoms with van der Waals surface area (Å²) in [5, 5.41) is 6.45. The Bertz CT molecular complexity index is 484. The molecule has 0 amide bonds. The molecule has 23 heavy (non-hydrogen) atoms. The van der Waals surface area contributed by atoms with Gasteiger partial charge in [-0.2, -0.15) is 0 Å². The topological polar surface area (TPSA) is 68.3 Å². The lowest BCUT2D eigenvalue weighted by Gasteiger charge is -2.26. The second-order valence-electron chi connectivity index (χ2n) is 5.77. The summed E-state index contributed by atoms with van der Waals surface area (Å²) in [4.78, 5) is 9.47. The summed E-state index contributed by atoms with van der Waals surface area (Å²) >= 11 is 0. The molecule has 1 aromatic heterocycles. The highest BCUT2D eigenvalue weighted by molar-refractivity contribution is 5.67. The van der Waals surface area contributed by atoms with Crippen molar-refractivity contribution in [3.63, 3.8) is 0 Å². The summed E-state index contributed by atoms with van der Waals surface area (Å²) < 4.78 is 11.4. The van der Waals surface area contributed by atoms with Crippen LogP contribution in [-0.2, 0) is 9.47 Å². The Morgan fingerprint density at radius 2 is 1.65 bits per heavy atom. The zero-order chi connectivity index (χ0) is 16.7. The van der Waals surface area contributed by atoms with E-state index in [4.69, 9.17) is 14.5 Å². The van der Waals surface area contributed by atoms with Gasteiger partial charge in [0.05, 0.1) is 11.4 Å². The number of nitrogens with zero attached hydrogens (tertiary/aromatic N) is 2. The zero-order valence-electron chi connectivity index (χ0n) is 14.8. The van der Waals surface area contributed by atoms with Crippen molar-refractivity contribution < 1.29 is 9.47 Å². The minimum atomic E-state index is -0.509. The van der Waals surface area contributed by atoms with Crippen molar-refractivity contribution in [1.82, 2.24) is 9.97 Å². The number of hydrogen-bond acceptors (Lipinski definition) is 6. The number of hydrogen-bond donors (Lipinski definition) is 2. The van der Waals surface area contributed by atoms with Gasteiger partial charge in [-0.05, 0) is 26.7 Å². The Hall–Kier alpha value is -1.40. The first-order chi connectivity index (χ1) is 11.2. The Balaban J connectivity index is 2.42. The molecule has 0 bridgehead atoms. The summed E-state index contributed by atoms with van der Waals surface area (Å²) in [6, 6.07) is 0. The van der Waals surface area contributed by atoms with Gasteiger partial charge in [0.25, 0.3) is 0 Å². The zero-order valence-corrected chi connectivity index (χ0v) is 14.8. The number of aromatic nitrogens is 2. The Morgan fingerprint density at radius 1 is 1.00 bits per heavy atom. The number of ether oxygens (including phenoxy) is 2. The van der Waals surface area contributed by atoms with Gasteiger partial charge >= 0.3 is 0 Å². The molecular weight excluding hydrogens is 292 g/mol. The smallest absolute Gasteiger partial charge is 0.219 e. The van der Waals surface area contributed by atoms with Crippen molar-refractivity contribution in [2.24, 2.45) is 0 Å². The van der Waals surface area contributed by atoms with Gasteiger partial charge in [-0.25, -0.2) is 9.97 Å². The molecule has 1 aliphatic carbocycles. The average Bonchev–Trinajstić information content (AvgIpc) is 2.61. The van der Waals surface area contributed by atoms with Gasteiger partial charge in [0, 0.05) is 33.2 Å². The van der Waals surface area contributed by atoms with Crippen LogP contribution in [0.25, 0.3) is 0 Å². The summed E-state index contributed by atoms with van der Waals surface area (Å²) in [6.45, 7) is 5.04. The molecule has 2 rings (SSSR count). The highest BCUT2D eigenvalue weighted by Crippen LogP contribution is 2.38. The third kappa shape index (κ3) is 4.32. The second-order valence-corrected chi connectivity index (χ2v) is 5.77. The maximum atomic E-state index is 5.69. The first kappa shape index (κ1) is 17.9. The standard InChI is InChI=1S/C17H30N4O2/c1-5-22-17(23-6-2)16-20-13(12-10-8-7-9-11-12)14(18-3)15(19-4)21-16/h12,17-18H,5-11H2,1-4H3,(H,19,20,21). The molecule has 1 fully saturated rings. The minimum Gasteiger partial charge on any atom is -0.384 e. The number of anilines is 2. The van der Waals surface area contributed by atoms with Gasteiger partial charge in [0.2, 0.25) is 6.29 Å². The molecule has 0 saturated heterocycles. The van der Waals surface area contributed by atoms with E-state index in [0.29, 0.717) is 25.0 Å². The van der Waals surface area contributed by atoms with Gasteiger partial charge in [-0.15, -0.1) is 0 Å². The van der Waals surface area contributed by atoms with E-state index in [1.54, 1.807) is 0 Å². The van der Waals surface area contributed by atoms with Crippen LogP contribution in [-0.4, -0.2) is 37.3 Å². The molecule has 2 N–H and O–H groups in total. The first-order valence-corrected chi connectivity index (χ1v) is 8.75. The van der Waals surface area contributed by atoms with E-state index in [1.165, 1.54) is 32.1 Å². The van der Waals surface area contributed by atoms with Gasteiger partial charge in [0.1, 0.15) is 0 Å². The predicted molar refractivity (Wildman–Crippen MR) is 92.9 cm³/mol. The predicted octanol–water partition coefficient (Wildman–Crippen LogP) is 3.68. The van der Waals surface area contributed by atoms with E-state index in [-0.39, 0.29) is 0 Å². The van der Waals surface area contributed by atoms with Crippen LogP contribution in [0.1, 0.15) is 69.7 Å². The maximum absolute atomic E-state index is 5.69. The molecule has 1 heterocycles. The first-order valence-electron chi connectivity index (χ1n) is 8.75. The van der Waals surface area contributed by atoms with E-state index < -0.39 is 6.29 Å². The van der Waals surface area contributed by atoms with Gasteiger partial charge in [-0.3, -0.25) is 0 Å². The Morgan fingerprint density at radius 3 is 2.17 bits per heavy atom. The molecule has 1 aromatic rings. The van der Waals surface area contributed by atoms with Crippen molar-refractivity contribution in [2.75, 3.05) is 37.9 Å². The summed E-state index contributed by atoms with van der Waals surface area (Å²) in [5.41, 5.74) is 2.08. The highest BCUT2D eigenvalue weighted by atomic mass is 16.7. The molecule has 0 aliphatic heterocycles. The molecule has 0 spiro atoms. The van der Waals surface area contributed by atoms with Crippen LogP contribution in [0.4, 0.5) is 11.5 Å². The summed E-state index contributed by atoms with van der Waals surface area (Å²) in [5.74, 6) is 1.89. The number of rotatable bonds is 8. The second kappa shape index (κ2) is 9.03. The van der Waals surface area contributed by atoms with Crippen molar-refractivity contribution in [3.8, 4) is 0 Å². The molecule has 1 aliphatic rings. The monoisotopic (exact) mass is 322 g/mol. The fourth-order valence-electron chi connectivity index (χ4n) is 3.20.